The Morgan fingerprint density at radius 2 is 1.48 bits per heavy atom. The maximum absolute atomic E-state index is 11.3. The highest BCUT2D eigenvalue weighted by atomic mass is 16.6. The second kappa shape index (κ2) is 8.65. The van der Waals surface area contributed by atoms with Gasteiger partial charge in [0.1, 0.15) is 30.5 Å². The van der Waals surface area contributed by atoms with Crippen LogP contribution in [-0.2, 0) is 22.4 Å². The highest BCUT2D eigenvalue weighted by molar-refractivity contribution is 5.96. The third-order valence-electron chi connectivity index (χ3n) is 4.84. The Hall–Kier alpha value is -3.53. The first-order valence-corrected chi connectivity index (χ1v) is 9.64. The van der Waals surface area contributed by atoms with E-state index >= 15 is 0 Å². The van der Waals surface area contributed by atoms with Crippen LogP contribution >= 0.6 is 0 Å². The van der Waals surface area contributed by atoms with Gasteiger partial charge in [-0.3, -0.25) is 0 Å². The zero-order valence-corrected chi connectivity index (χ0v) is 16.1. The Morgan fingerprint density at radius 3 is 2.17 bits per heavy atom. The SMILES string of the molecule is C=CC(=O)OCCOc1c2c(c(Oc3ccccc3)c3ccccc13)CC=CC2. The van der Waals surface area contributed by atoms with Gasteiger partial charge in [0.15, 0.2) is 0 Å². The van der Waals surface area contributed by atoms with Crippen LogP contribution in [0.25, 0.3) is 10.8 Å². The van der Waals surface area contributed by atoms with E-state index in [0.29, 0.717) is 0 Å². The summed E-state index contributed by atoms with van der Waals surface area (Å²) >= 11 is 0. The summed E-state index contributed by atoms with van der Waals surface area (Å²) in [4.78, 5) is 11.3. The largest absolute Gasteiger partial charge is 0.489 e. The number of esters is 1. The van der Waals surface area contributed by atoms with Gasteiger partial charge in [-0.15, -0.1) is 0 Å². The number of ether oxygens (including phenoxy) is 3. The molecule has 0 unspecified atom stereocenters. The van der Waals surface area contributed by atoms with E-state index in [1.54, 1.807) is 0 Å². The van der Waals surface area contributed by atoms with Crippen LogP contribution in [0.1, 0.15) is 11.1 Å². The van der Waals surface area contributed by atoms with Crippen molar-refractivity contribution in [2.45, 2.75) is 12.8 Å². The Balaban J connectivity index is 1.74. The molecule has 0 fully saturated rings. The standard InChI is InChI=1S/C25H22O4/c1-2-23(26)27-16-17-28-24-19-12-6-8-14-21(19)25(22-15-9-7-13-20(22)24)29-18-10-4-3-5-11-18/h2-12,14H,1,13,15-17H2. The molecule has 4 rings (SSSR count). The van der Waals surface area contributed by atoms with Crippen LogP contribution in [0, 0.1) is 0 Å². The van der Waals surface area contributed by atoms with Gasteiger partial charge in [-0.25, -0.2) is 4.79 Å². The number of hydrogen-bond donors (Lipinski definition) is 0. The average Bonchev–Trinajstić information content (AvgIpc) is 2.78. The topological polar surface area (TPSA) is 44.8 Å². The van der Waals surface area contributed by atoms with Gasteiger partial charge in [0, 0.05) is 28.0 Å². The van der Waals surface area contributed by atoms with Crippen LogP contribution < -0.4 is 9.47 Å². The average molecular weight is 386 g/mol. The first-order chi connectivity index (χ1) is 14.3. The third kappa shape index (κ3) is 4.02. The molecule has 0 saturated carbocycles. The van der Waals surface area contributed by atoms with Gasteiger partial charge in [0.05, 0.1) is 0 Å². The zero-order chi connectivity index (χ0) is 20.1. The Morgan fingerprint density at radius 1 is 0.862 bits per heavy atom. The van der Waals surface area contributed by atoms with Crippen LogP contribution in [0.3, 0.4) is 0 Å². The van der Waals surface area contributed by atoms with Crippen LogP contribution in [0.5, 0.6) is 17.2 Å². The molecule has 1 aliphatic rings. The molecule has 0 aliphatic heterocycles. The molecule has 146 valence electrons. The smallest absolute Gasteiger partial charge is 0.330 e. The quantitative estimate of drug-likeness (QED) is 0.236. The first-order valence-electron chi connectivity index (χ1n) is 9.64. The molecular formula is C25H22O4. The number of fused-ring (bicyclic) bond motifs is 2. The van der Waals surface area contributed by atoms with Crippen molar-refractivity contribution in [2.24, 2.45) is 0 Å². The monoisotopic (exact) mass is 386 g/mol. The summed E-state index contributed by atoms with van der Waals surface area (Å²) in [5, 5.41) is 1.99. The number of carbonyl (C=O) groups excluding carboxylic acids is 1. The molecule has 0 N–H and O–H groups in total. The normalized spacial score (nSPS) is 12.3. The van der Waals surface area contributed by atoms with Crippen LogP contribution in [-0.4, -0.2) is 19.2 Å². The van der Waals surface area contributed by atoms with Gasteiger partial charge in [-0.2, -0.15) is 0 Å². The Labute approximate surface area is 170 Å². The molecule has 0 heterocycles. The third-order valence-corrected chi connectivity index (χ3v) is 4.84. The van der Waals surface area contributed by atoms with E-state index in [1.807, 2.05) is 48.5 Å². The molecule has 0 radical (unpaired) electrons. The van der Waals surface area contributed by atoms with Gasteiger partial charge in [0.2, 0.25) is 0 Å². The number of hydrogen-bond acceptors (Lipinski definition) is 4. The summed E-state index contributed by atoms with van der Waals surface area (Å²) in [5.41, 5.74) is 2.25. The fourth-order valence-corrected chi connectivity index (χ4v) is 3.55. The highest BCUT2D eigenvalue weighted by Gasteiger charge is 2.22. The summed E-state index contributed by atoms with van der Waals surface area (Å²) in [6, 6.07) is 17.9. The molecule has 0 spiro atoms. The van der Waals surface area contributed by atoms with Gasteiger partial charge in [0.25, 0.3) is 0 Å². The zero-order valence-electron chi connectivity index (χ0n) is 16.1. The number of rotatable bonds is 7. The lowest BCUT2D eigenvalue weighted by Gasteiger charge is -2.23. The summed E-state index contributed by atoms with van der Waals surface area (Å²) in [7, 11) is 0. The van der Waals surface area contributed by atoms with Gasteiger partial charge in [-0.05, 0) is 25.0 Å². The molecule has 4 heteroatoms. The van der Waals surface area contributed by atoms with Gasteiger partial charge < -0.3 is 14.2 Å². The molecule has 0 atom stereocenters. The molecule has 4 nitrogen and oxygen atoms in total. The predicted molar refractivity (Wildman–Crippen MR) is 114 cm³/mol. The second-order valence-corrected chi connectivity index (χ2v) is 6.68. The lowest BCUT2D eigenvalue weighted by molar-refractivity contribution is -0.138. The minimum atomic E-state index is -0.449. The molecule has 0 bridgehead atoms. The van der Waals surface area contributed by atoms with E-state index in [4.69, 9.17) is 14.2 Å². The van der Waals surface area contributed by atoms with E-state index in [9.17, 15) is 4.79 Å². The van der Waals surface area contributed by atoms with Crippen molar-refractivity contribution in [1.29, 1.82) is 0 Å². The van der Waals surface area contributed by atoms with Crippen molar-refractivity contribution in [3.8, 4) is 17.2 Å². The number of para-hydroxylation sites is 1. The minimum absolute atomic E-state index is 0.173. The fourth-order valence-electron chi connectivity index (χ4n) is 3.55. The van der Waals surface area contributed by atoms with E-state index in [0.717, 1.165) is 58.1 Å². The van der Waals surface area contributed by atoms with Crippen LogP contribution in [0.4, 0.5) is 0 Å². The molecule has 3 aromatic rings. The van der Waals surface area contributed by atoms with Crippen molar-refractivity contribution >= 4 is 16.7 Å². The van der Waals surface area contributed by atoms with Gasteiger partial charge >= 0.3 is 5.97 Å². The molecule has 3 aromatic carbocycles. The van der Waals surface area contributed by atoms with Crippen molar-refractivity contribution < 1.29 is 19.0 Å². The number of allylic oxidation sites excluding steroid dienone is 2. The Kier molecular flexibility index (Phi) is 5.61. The minimum Gasteiger partial charge on any atom is -0.489 e. The number of carbonyl (C=O) groups is 1. The lowest BCUT2D eigenvalue weighted by atomic mass is 9.90. The number of benzene rings is 3. The molecule has 0 aromatic heterocycles. The molecule has 0 amide bonds. The van der Waals surface area contributed by atoms with E-state index < -0.39 is 5.97 Å². The summed E-state index contributed by atoms with van der Waals surface area (Å²) in [5.74, 6) is 2.06. The van der Waals surface area contributed by atoms with Crippen LogP contribution in [0.2, 0.25) is 0 Å². The van der Waals surface area contributed by atoms with E-state index in [1.165, 1.54) is 0 Å². The molecule has 29 heavy (non-hydrogen) atoms. The highest BCUT2D eigenvalue weighted by Crippen LogP contribution is 2.44. The maximum atomic E-state index is 11.3. The van der Waals surface area contributed by atoms with Crippen molar-refractivity contribution in [2.75, 3.05) is 13.2 Å². The maximum Gasteiger partial charge on any atom is 0.330 e. The Bertz CT molecular complexity index is 1070. The molecule has 0 saturated heterocycles. The van der Waals surface area contributed by atoms with Crippen LogP contribution in [0.15, 0.2) is 79.4 Å². The summed E-state index contributed by atoms with van der Waals surface area (Å²) in [6.07, 6.45) is 7.01. The van der Waals surface area contributed by atoms with Crippen molar-refractivity contribution in [3.63, 3.8) is 0 Å². The lowest BCUT2D eigenvalue weighted by Crippen LogP contribution is -2.13. The molecular weight excluding hydrogens is 364 g/mol. The predicted octanol–water partition coefficient (Wildman–Crippen LogP) is 5.39. The van der Waals surface area contributed by atoms with Gasteiger partial charge in [-0.1, -0.05) is 61.2 Å². The van der Waals surface area contributed by atoms with Crippen molar-refractivity contribution in [1.82, 2.24) is 0 Å². The fraction of sp³-hybridized carbons (Fsp3) is 0.160. The summed E-state index contributed by atoms with van der Waals surface area (Å²) in [6.45, 7) is 3.85. The van der Waals surface area contributed by atoms with E-state index in [-0.39, 0.29) is 13.2 Å². The van der Waals surface area contributed by atoms with E-state index in [2.05, 4.69) is 24.8 Å². The first kappa shape index (κ1) is 18.8. The van der Waals surface area contributed by atoms with Crippen molar-refractivity contribution in [3.05, 3.63) is 90.5 Å². The molecule has 1 aliphatic carbocycles. The second-order valence-electron chi connectivity index (χ2n) is 6.68. The summed E-state index contributed by atoms with van der Waals surface area (Å²) < 4.78 is 17.5.